The molecule has 0 aliphatic carbocycles. The summed E-state index contributed by atoms with van der Waals surface area (Å²) >= 11 is 1.16. The Balaban J connectivity index is 1.36. The van der Waals surface area contributed by atoms with Gasteiger partial charge >= 0.3 is 0 Å². The highest BCUT2D eigenvalue weighted by Gasteiger charge is 2.25. The van der Waals surface area contributed by atoms with Crippen molar-refractivity contribution < 1.29 is 9.53 Å². The average molecular weight is 424 g/mol. The highest BCUT2D eigenvalue weighted by Crippen LogP contribution is 2.31. The number of aromatic nitrogens is 2. The molecule has 3 aromatic rings. The zero-order valence-electron chi connectivity index (χ0n) is 17.0. The van der Waals surface area contributed by atoms with Gasteiger partial charge in [0.05, 0.1) is 31.0 Å². The van der Waals surface area contributed by atoms with Crippen LogP contribution < -0.4 is 10.2 Å². The maximum absolute atomic E-state index is 12.9. The fraction of sp³-hybridized carbons (Fsp3) is 0.409. The number of ether oxygens (including phenoxy) is 1. The minimum Gasteiger partial charge on any atom is -0.379 e. The zero-order chi connectivity index (χ0) is 20.5. The first-order valence-corrected chi connectivity index (χ1v) is 11.1. The second-order valence-corrected chi connectivity index (χ2v) is 8.43. The molecule has 2 aromatic carbocycles. The molecule has 1 atom stereocenters. The van der Waals surface area contributed by atoms with Crippen molar-refractivity contribution in [2.45, 2.75) is 12.5 Å². The van der Waals surface area contributed by atoms with Gasteiger partial charge in [-0.15, -0.1) is 0 Å². The van der Waals surface area contributed by atoms with E-state index in [9.17, 15) is 4.79 Å². The van der Waals surface area contributed by atoms with Crippen LogP contribution in [0.4, 0.5) is 5.69 Å². The summed E-state index contributed by atoms with van der Waals surface area (Å²) in [5.74, 6) is -0.0796. The third-order valence-corrected chi connectivity index (χ3v) is 6.63. The van der Waals surface area contributed by atoms with E-state index in [1.807, 2.05) is 18.2 Å². The van der Waals surface area contributed by atoms with Gasteiger partial charge in [0.2, 0.25) is 0 Å². The van der Waals surface area contributed by atoms with E-state index in [4.69, 9.17) is 4.74 Å². The maximum Gasteiger partial charge on any atom is 0.251 e. The number of nitrogens with one attached hydrogen (secondary N) is 1. The number of carbonyl (C=O) groups is 1. The molecule has 30 heavy (non-hydrogen) atoms. The lowest BCUT2D eigenvalue weighted by molar-refractivity contribution is 0.0162. The van der Waals surface area contributed by atoms with Gasteiger partial charge in [0.1, 0.15) is 11.0 Å². The predicted molar refractivity (Wildman–Crippen MR) is 118 cm³/mol. The quantitative estimate of drug-likeness (QED) is 0.680. The maximum atomic E-state index is 12.9. The van der Waals surface area contributed by atoms with Crippen molar-refractivity contribution in [2.75, 3.05) is 51.3 Å². The number of anilines is 1. The van der Waals surface area contributed by atoms with Gasteiger partial charge in [-0.3, -0.25) is 9.69 Å². The second kappa shape index (κ2) is 8.29. The van der Waals surface area contributed by atoms with Crippen molar-refractivity contribution in [3.05, 3.63) is 53.1 Å². The largest absolute Gasteiger partial charge is 0.379 e. The van der Waals surface area contributed by atoms with Crippen molar-refractivity contribution in [1.82, 2.24) is 19.0 Å². The average Bonchev–Trinajstić information content (AvgIpc) is 3.40. The van der Waals surface area contributed by atoms with Crippen LogP contribution in [0, 0.1) is 0 Å². The normalized spacial score (nSPS) is 17.8. The van der Waals surface area contributed by atoms with Gasteiger partial charge in [-0.2, -0.15) is 8.75 Å². The molecular formula is C22H25N5O2S. The van der Waals surface area contributed by atoms with E-state index < -0.39 is 0 Å². The Hall–Kier alpha value is -2.55. The summed E-state index contributed by atoms with van der Waals surface area (Å²) in [7, 11) is 2.14. The van der Waals surface area contributed by atoms with Crippen molar-refractivity contribution in [3.8, 4) is 0 Å². The summed E-state index contributed by atoms with van der Waals surface area (Å²) in [5.41, 5.74) is 6.16. The summed E-state index contributed by atoms with van der Waals surface area (Å²) in [4.78, 5) is 17.6. The van der Waals surface area contributed by atoms with E-state index in [1.165, 1.54) is 16.8 Å². The highest BCUT2D eigenvalue weighted by molar-refractivity contribution is 7.00. The summed E-state index contributed by atoms with van der Waals surface area (Å²) in [6, 6.07) is 12.3. The van der Waals surface area contributed by atoms with E-state index >= 15 is 0 Å². The number of morpholine rings is 1. The highest BCUT2D eigenvalue weighted by atomic mass is 32.1. The fourth-order valence-electron chi connectivity index (χ4n) is 4.36. The summed E-state index contributed by atoms with van der Waals surface area (Å²) < 4.78 is 14.0. The number of likely N-dealkylation sites (N-methyl/N-ethyl adjacent to an activating group) is 1. The van der Waals surface area contributed by atoms with Crippen molar-refractivity contribution >= 4 is 34.4 Å². The van der Waals surface area contributed by atoms with E-state index in [1.54, 1.807) is 0 Å². The second-order valence-electron chi connectivity index (χ2n) is 7.90. The fourth-order valence-corrected chi connectivity index (χ4v) is 4.87. The van der Waals surface area contributed by atoms with Crippen molar-refractivity contribution in [2.24, 2.45) is 0 Å². The van der Waals surface area contributed by atoms with E-state index in [0.29, 0.717) is 12.1 Å². The number of fused-ring (bicyclic) bond motifs is 2. The monoisotopic (exact) mass is 423 g/mol. The lowest BCUT2D eigenvalue weighted by atomic mass is 10.00. The van der Waals surface area contributed by atoms with Gasteiger partial charge in [0.15, 0.2) is 0 Å². The first-order chi connectivity index (χ1) is 14.7. The van der Waals surface area contributed by atoms with Crippen LogP contribution in [0.3, 0.4) is 0 Å². The molecule has 8 heteroatoms. The lowest BCUT2D eigenvalue weighted by Gasteiger charge is -2.35. The molecule has 0 spiro atoms. The topological polar surface area (TPSA) is 70.6 Å². The molecular weight excluding hydrogens is 398 g/mol. The number of amides is 1. The number of carbonyl (C=O) groups excluding carboxylic acids is 1. The molecule has 0 unspecified atom stereocenters. The first-order valence-electron chi connectivity index (χ1n) is 10.4. The minimum atomic E-state index is -0.0796. The Morgan fingerprint density at radius 1 is 1.13 bits per heavy atom. The third-order valence-electron chi connectivity index (χ3n) is 6.07. The number of benzene rings is 2. The first kappa shape index (κ1) is 19.4. The van der Waals surface area contributed by atoms with Crippen LogP contribution in [0.2, 0.25) is 0 Å². The Morgan fingerprint density at radius 3 is 2.83 bits per heavy atom. The van der Waals surface area contributed by atoms with Gasteiger partial charge in [-0.05, 0) is 41.8 Å². The van der Waals surface area contributed by atoms with E-state index in [0.717, 1.165) is 62.0 Å². The smallest absolute Gasteiger partial charge is 0.251 e. The standard InChI is InChI=1S/C22H25N5O2S/c1-26-7-6-16-12-15(3-5-20(16)26)21(27-8-10-29-11-9-27)14-23-22(28)17-2-4-18-19(13-17)25-30-24-18/h2-5,12-13,21H,6-11,14H2,1H3,(H,23,28)/t21-/m0/s1. The van der Waals surface area contributed by atoms with Crippen LogP contribution in [0.5, 0.6) is 0 Å². The lowest BCUT2D eigenvalue weighted by Crippen LogP contribution is -2.43. The number of rotatable bonds is 5. The van der Waals surface area contributed by atoms with Crippen molar-refractivity contribution in [1.29, 1.82) is 0 Å². The SMILES string of the molecule is CN1CCc2cc([C@H](CNC(=O)c3ccc4nsnc4c3)N3CCOCC3)ccc21. The summed E-state index contributed by atoms with van der Waals surface area (Å²) in [6.07, 6.45) is 1.07. The van der Waals surface area contributed by atoms with Crippen LogP contribution in [-0.4, -0.2) is 66.0 Å². The van der Waals surface area contributed by atoms with Crippen LogP contribution in [0.1, 0.15) is 27.5 Å². The van der Waals surface area contributed by atoms with Gasteiger partial charge in [0.25, 0.3) is 5.91 Å². The molecule has 0 radical (unpaired) electrons. The number of hydrogen-bond acceptors (Lipinski definition) is 7. The van der Waals surface area contributed by atoms with Gasteiger partial charge in [0, 0.05) is 44.5 Å². The summed E-state index contributed by atoms with van der Waals surface area (Å²) in [6.45, 7) is 4.81. The van der Waals surface area contributed by atoms with Gasteiger partial charge < -0.3 is 15.0 Å². The molecule has 156 valence electrons. The molecule has 0 saturated carbocycles. The Labute approximate surface area is 180 Å². The minimum absolute atomic E-state index is 0.0796. The summed E-state index contributed by atoms with van der Waals surface area (Å²) in [5, 5.41) is 3.15. The van der Waals surface area contributed by atoms with Gasteiger partial charge in [-0.1, -0.05) is 12.1 Å². The number of hydrogen-bond donors (Lipinski definition) is 1. The van der Waals surface area contributed by atoms with Crippen LogP contribution in [-0.2, 0) is 11.2 Å². The molecule has 1 amide bonds. The molecule has 1 saturated heterocycles. The van der Waals surface area contributed by atoms with Crippen LogP contribution >= 0.6 is 11.7 Å². The van der Waals surface area contributed by atoms with Gasteiger partial charge in [-0.25, -0.2) is 0 Å². The molecule has 0 bridgehead atoms. The molecule has 3 heterocycles. The van der Waals surface area contributed by atoms with Crippen molar-refractivity contribution in [3.63, 3.8) is 0 Å². The predicted octanol–water partition coefficient (Wildman–Crippen LogP) is 2.49. The molecule has 1 N–H and O–H groups in total. The Bertz CT molecular complexity index is 1060. The molecule has 2 aliphatic rings. The number of nitrogens with zero attached hydrogens (tertiary/aromatic N) is 4. The zero-order valence-corrected chi connectivity index (χ0v) is 17.8. The van der Waals surface area contributed by atoms with Crippen LogP contribution in [0.25, 0.3) is 11.0 Å². The van der Waals surface area contributed by atoms with E-state index in [-0.39, 0.29) is 11.9 Å². The molecule has 2 aliphatic heterocycles. The van der Waals surface area contributed by atoms with E-state index in [2.05, 4.69) is 49.1 Å². The molecule has 5 rings (SSSR count). The van der Waals surface area contributed by atoms with Crippen LogP contribution in [0.15, 0.2) is 36.4 Å². The Morgan fingerprint density at radius 2 is 1.97 bits per heavy atom. The molecule has 7 nitrogen and oxygen atoms in total. The molecule has 1 fully saturated rings. The molecule has 1 aromatic heterocycles. The Kier molecular flexibility index (Phi) is 5.37. The third kappa shape index (κ3) is 3.78.